The van der Waals surface area contributed by atoms with Crippen LogP contribution in [0.15, 0.2) is 30.5 Å². The molecule has 4 heteroatoms. The summed E-state index contributed by atoms with van der Waals surface area (Å²) in [5.41, 5.74) is 2.84. The van der Waals surface area contributed by atoms with Crippen molar-refractivity contribution in [3.8, 4) is 0 Å². The minimum Gasteiger partial charge on any atom is -0.378 e. The van der Waals surface area contributed by atoms with E-state index in [0.29, 0.717) is 6.54 Å². The van der Waals surface area contributed by atoms with E-state index in [1.54, 1.807) is 10.7 Å². The minimum absolute atomic E-state index is 0.206. The summed E-state index contributed by atoms with van der Waals surface area (Å²) < 4.78 is 14.7. The molecule has 0 aliphatic heterocycles. The molecule has 0 unspecified atom stereocenters. The van der Waals surface area contributed by atoms with Gasteiger partial charge in [-0.25, -0.2) is 4.39 Å². The number of hydrogen-bond donors (Lipinski definition) is 1. The van der Waals surface area contributed by atoms with Crippen molar-refractivity contribution in [1.29, 1.82) is 0 Å². The first-order valence-corrected chi connectivity index (χ1v) is 5.14. The molecule has 0 atom stereocenters. The van der Waals surface area contributed by atoms with Gasteiger partial charge in [0.2, 0.25) is 0 Å². The fourth-order valence-corrected chi connectivity index (χ4v) is 1.62. The Morgan fingerprint density at radius 1 is 1.44 bits per heavy atom. The fraction of sp³-hybridized carbons (Fsp3) is 0.250. The molecular formula is C12H14FN3. The first kappa shape index (κ1) is 10.7. The van der Waals surface area contributed by atoms with Crippen molar-refractivity contribution in [2.45, 2.75) is 13.5 Å². The first-order valence-electron chi connectivity index (χ1n) is 5.14. The molecular weight excluding hydrogens is 205 g/mol. The molecule has 2 rings (SSSR count). The number of nitrogens with one attached hydrogen (secondary N) is 1. The Labute approximate surface area is 93.9 Å². The fourth-order valence-electron chi connectivity index (χ4n) is 1.62. The standard InChI is InChI=1S/C12H14FN3/c1-9-12(8-16(2)15-9)14-7-10-4-3-5-11(13)6-10/h3-6,8,14H,7H2,1-2H3. The number of benzene rings is 1. The second kappa shape index (κ2) is 4.35. The van der Waals surface area contributed by atoms with E-state index in [2.05, 4.69) is 10.4 Å². The van der Waals surface area contributed by atoms with Crippen LogP contribution in [0.3, 0.4) is 0 Å². The highest BCUT2D eigenvalue weighted by Crippen LogP contribution is 2.13. The van der Waals surface area contributed by atoms with Crippen molar-refractivity contribution in [1.82, 2.24) is 9.78 Å². The predicted octanol–water partition coefficient (Wildman–Crippen LogP) is 2.48. The van der Waals surface area contributed by atoms with Crippen LogP contribution in [-0.2, 0) is 13.6 Å². The molecule has 0 saturated carbocycles. The van der Waals surface area contributed by atoms with Crippen LogP contribution in [0, 0.1) is 12.7 Å². The van der Waals surface area contributed by atoms with E-state index in [1.165, 1.54) is 12.1 Å². The van der Waals surface area contributed by atoms with Crippen LogP contribution in [0.5, 0.6) is 0 Å². The van der Waals surface area contributed by atoms with E-state index in [-0.39, 0.29) is 5.82 Å². The Balaban J connectivity index is 2.05. The number of anilines is 1. The number of halogens is 1. The maximum atomic E-state index is 12.9. The van der Waals surface area contributed by atoms with Gasteiger partial charge in [0.05, 0.1) is 11.4 Å². The summed E-state index contributed by atoms with van der Waals surface area (Å²) in [7, 11) is 1.88. The van der Waals surface area contributed by atoms with Gasteiger partial charge < -0.3 is 5.32 Å². The highest BCUT2D eigenvalue weighted by atomic mass is 19.1. The molecule has 0 bridgehead atoms. The predicted molar refractivity (Wildman–Crippen MR) is 61.7 cm³/mol. The van der Waals surface area contributed by atoms with Crippen molar-refractivity contribution in [2.24, 2.45) is 7.05 Å². The van der Waals surface area contributed by atoms with Crippen LogP contribution >= 0.6 is 0 Å². The van der Waals surface area contributed by atoms with Crippen LogP contribution in [0.25, 0.3) is 0 Å². The largest absolute Gasteiger partial charge is 0.378 e. The van der Waals surface area contributed by atoms with Crippen molar-refractivity contribution in [2.75, 3.05) is 5.32 Å². The van der Waals surface area contributed by atoms with Gasteiger partial charge in [0.1, 0.15) is 5.82 Å². The summed E-state index contributed by atoms with van der Waals surface area (Å²) in [6, 6.07) is 6.57. The molecule has 0 fully saturated rings. The molecule has 1 heterocycles. The SMILES string of the molecule is Cc1nn(C)cc1NCc1cccc(F)c1. The lowest BCUT2D eigenvalue weighted by atomic mass is 10.2. The molecule has 2 aromatic rings. The highest BCUT2D eigenvalue weighted by molar-refractivity contribution is 5.45. The summed E-state index contributed by atoms with van der Waals surface area (Å²) in [6.45, 7) is 2.54. The maximum absolute atomic E-state index is 12.9. The molecule has 0 aliphatic rings. The lowest BCUT2D eigenvalue weighted by Crippen LogP contribution is -1.99. The topological polar surface area (TPSA) is 29.9 Å². The van der Waals surface area contributed by atoms with Crippen LogP contribution in [0.4, 0.5) is 10.1 Å². The van der Waals surface area contributed by atoms with Crippen molar-refractivity contribution < 1.29 is 4.39 Å². The Kier molecular flexibility index (Phi) is 2.90. The molecule has 0 spiro atoms. The molecule has 16 heavy (non-hydrogen) atoms. The van der Waals surface area contributed by atoms with Crippen LogP contribution < -0.4 is 5.32 Å². The Hall–Kier alpha value is -1.84. The summed E-state index contributed by atoms with van der Waals surface area (Å²) in [5, 5.41) is 7.45. The quantitative estimate of drug-likeness (QED) is 0.859. The number of rotatable bonds is 3. The lowest BCUT2D eigenvalue weighted by molar-refractivity contribution is 0.626. The first-order chi connectivity index (χ1) is 7.65. The molecule has 0 amide bonds. The number of nitrogens with zero attached hydrogens (tertiary/aromatic N) is 2. The monoisotopic (exact) mass is 219 g/mol. The number of hydrogen-bond acceptors (Lipinski definition) is 2. The van der Waals surface area contributed by atoms with E-state index in [4.69, 9.17) is 0 Å². The van der Waals surface area contributed by atoms with Gasteiger partial charge in [0, 0.05) is 19.8 Å². The third-order valence-electron chi connectivity index (χ3n) is 2.39. The Morgan fingerprint density at radius 3 is 2.88 bits per heavy atom. The molecule has 1 aromatic carbocycles. The molecule has 1 N–H and O–H groups in total. The zero-order chi connectivity index (χ0) is 11.5. The van der Waals surface area contributed by atoms with E-state index < -0.39 is 0 Å². The van der Waals surface area contributed by atoms with Crippen LogP contribution in [0.2, 0.25) is 0 Å². The van der Waals surface area contributed by atoms with E-state index in [9.17, 15) is 4.39 Å². The van der Waals surface area contributed by atoms with E-state index >= 15 is 0 Å². The summed E-state index contributed by atoms with van der Waals surface area (Å²) in [5.74, 6) is -0.206. The van der Waals surface area contributed by atoms with Gasteiger partial charge in [-0.3, -0.25) is 4.68 Å². The molecule has 3 nitrogen and oxygen atoms in total. The highest BCUT2D eigenvalue weighted by Gasteiger charge is 2.02. The normalized spacial score (nSPS) is 10.4. The molecule has 1 aromatic heterocycles. The molecule has 0 radical (unpaired) electrons. The molecule has 84 valence electrons. The van der Waals surface area contributed by atoms with E-state index in [0.717, 1.165) is 16.9 Å². The zero-order valence-corrected chi connectivity index (χ0v) is 9.37. The number of aryl methyl sites for hydroxylation is 2. The second-order valence-electron chi connectivity index (χ2n) is 3.79. The van der Waals surface area contributed by atoms with Gasteiger partial charge in [-0.1, -0.05) is 12.1 Å². The maximum Gasteiger partial charge on any atom is 0.123 e. The third-order valence-corrected chi connectivity index (χ3v) is 2.39. The van der Waals surface area contributed by atoms with Crippen LogP contribution in [0.1, 0.15) is 11.3 Å². The smallest absolute Gasteiger partial charge is 0.123 e. The van der Waals surface area contributed by atoms with Gasteiger partial charge in [-0.15, -0.1) is 0 Å². The Bertz CT molecular complexity index is 491. The van der Waals surface area contributed by atoms with Gasteiger partial charge >= 0.3 is 0 Å². The van der Waals surface area contributed by atoms with E-state index in [1.807, 2.05) is 26.2 Å². The van der Waals surface area contributed by atoms with Crippen LogP contribution in [-0.4, -0.2) is 9.78 Å². The average Bonchev–Trinajstić information content (AvgIpc) is 2.54. The second-order valence-corrected chi connectivity index (χ2v) is 3.79. The minimum atomic E-state index is -0.206. The summed E-state index contributed by atoms with van der Waals surface area (Å²) in [6.07, 6.45) is 1.91. The number of aromatic nitrogens is 2. The van der Waals surface area contributed by atoms with Crippen molar-refractivity contribution in [3.63, 3.8) is 0 Å². The van der Waals surface area contributed by atoms with Crippen molar-refractivity contribution >= 4 is 5.69 Å². The van der Waals surface area contributed by atoms with Gasteiger partial charge in [0.25, 0.3) is 0 Å². The van der Waals surface area contributed by atoms with Gasteiger partial charge in [-0.05, 0) is 24.6 Å². The van der Waals surface area contributed by atoms with Gasteiger partial charge in [0.15, 0.2) is 0 Å². The Morgan fingerprint density at radius 2 is 2.25 bits per heavy atom. The van der Waals surface area contributed by atoms with Crippen molar-refractivity contribution in [3.05, 3.63) is 47.5 Å². The summed E-state index contributed by atoms with van der Waals surface area (Å²) >= 11 is 0. The average molecular weight is 219 g/mol. The summed E-state index contributed by atoms with van der Waals surface area (Å²) in [4.78, 5) is 0. The molecule has 0 aliphatic carbocycles. The lowest BCUT2D eigenvalue weighted by Gasteiger charge is -2.04. The zero-order valence-electron chi connectivity index (χ0n) is 9.37. The third kappa shape index (κ3) is 2.39. The van der Waals surface area contributed by atoms with Gasteiger partial charge in [-0.2, -0.15) is 5.10 Å². The molecule has 0 saturated heterocycles.